The quantitative estimate of drug-likeness (QED) is 0.302. The normalized spacial score (nSPS) is 17.2. The molecule has 0 aliphatic carbocycles. The zero-order valence-electron chi connectivity index (χ0n) is 17.8. The van der Waals surface area contributed by atoms with Crippen LogP contribution in [0.25, 0.3) is 33.8 Å². The highest BCUT2D eigenvalue weighted by Crippen LogP contribution is 2.55. The van der Waals surface area contributed by atoms with Gasteiger partial charge in [-0.25, -0.2) is 0 Å². The maximum atomic E-state index is 3.55. The van der Waals surface area contributed by atoms with Crippen LogP contribution < -0.4 is 4.90 Å². The van der Waals surface area contributed by atoms with Crippen molar-refractivity contribution in [1.82, 2.24) is 4.98 Å². The predicted octanol–water partition coefficient (Wildman–Crippen LogP) is 7.56. The van der Waals surface area contributed by atoms with E-state index >= 15 is 0 Å². The molecule has 2 heteroatoms. The molecule has 0 radical (unpaired) electrons. The fourth-order valence-electron chi connectivity index (χ4n) is 5.48. The summed E-state index contributed by atoms with van der Waals surface area (Å²) >= 11 is 0. The highest BCUT2D eigenvalue weighted by Gasteiger charge is 2.40. The Labute approximate surface area is 187 Å². The number of nitrogens with one attached hydrogen (secondary N) is 1. The second kappa shape index (κ2) is 6.48. The van der Waals surface area contributed by atoms with Gasteiger partial charge < -0.3 is 9.88 Å². The van der Waals surface area contributed by atoms with Crippen LogP contribution in [0.1, 0.15) is 33.9 Å². The van der Waals surface area contributed by atoms with Crippen molar-refractivity contribution in [1.29, 1.82) is 0 Å². The van der Waals surface area contributed by atoms with Gasteiger partial charge in [0.25, 0.3) is 0 Å². The molecule has 1 aromatic heterocycles. The van der Waals surface area contributed by atoms with Crippen molar-refractivity contribution in [3.05, 3.63) is 125 Å². The standard InChI is InChI=1S/C30H22N2/c1-19-13-15-20(16-14-19)17-28-22-8-2-3-9-24(22)30-25-18-31-26-11-6-10-23(29(25)26)21-7-4-5-12-27(21)32(28)30/h2-18,30-31H,1H3/b28-17-. The lowest BCUT2D eigenvalue weighted by Crippen LogP contribution is -2.21. The molecule has 5 aromatic rings. The molecule has 2 nitrogen and oxygen atoms in total. The first-order valence-electron chi connectivity index (χ1n) is 11.2. The van der Waals surface area contributed by atoms with Gasteiger partial charge in [0.1, 0.15) is 0 Å². The number of fused-ring (bicyclic) bond motifs is 7. The third kappa shape index (κ3) is 2.35. The molecule has 1 atom stereocenters. The first-order chi connectivity index (χ1) is 15.8. The third-order valence-electron chi connectivity index (χ3n) is 6.91. The molecule has 32 heavy (non-hydrogen) atoms. The fourth-order valence-corrected chi connectivity index (χ4v) is 5.48. The average molecular weight is 411 g/mol. The molecule has 3 heterocycles. The summed E-state index contributed by atoms with van der Waals surface area (Å²) in [4.78, 5) is 6.09. The summed E-state index contributed by atoms with van der Waals surface area (Å²) in [6.07, 6.45) is 4.55. The fraction of sp³-hybridized carbons (Fsp3) is 0.0667. The number of aromatic amines is 1. The van der Waals surface area contributed by atoms with Gasteiger partial charge in [-0.2, -0.15) is 0 Å². The molecule has 2 aliphatic rings. The van der Waals surface area contributed by atoms with Gasteiger partial charge in [-0.1, -0.05) is 84.4 Å². The van der Waals surface area contributed by atoms with Gasteiger partial charge in [0.2, 0.25) is 0 Å². The molecule has 0 fully saturated rings. The molecule has 0 saturated carbocycles. The Balaban J connectivity index is 1.59. The van der Waals surface area contributed by atoms with Crippen LogP contribution in [0.5, 0.6) is 0 Å². The van der Waals surface area contributed by atoms with Gasteiger partial charge in [-0.15, -0.1) is 0 Å². The predicted molar refractivity (Wildman–Crippen MR) is 134 cm³/mol. The molecule has 0 amide bonds. The number of benzene rings is 4. The van der Waals surface area contributed by atoms with E-state index in [1.54, 1.807) is 0 Å². The molecule has 0 bridgehead atoms. The van der Waals surface area contributed by atoms with E-state index in [1.165, 1.54) is 61.2 Å². The van der Waals surface area contributed by atoms with Crippen LogP contribution in [0, 0.1) is 6.92 Å². The van der Waals surface area contributed by atoms with E-state index in [-0.39, 0.29) is 6.04 Å². The number of H-pyrrole nitrogens is 1. The zero-order chi connectivity index (χ0) is 21.2. The van der Waals surface area contributed by atoms with Gasteiger partial charge in [-0.05, 0) is 41.8 Å². The minimum Gasteiger partial charge on any atom is -0.361 e. The van der Waals surface area contributed by atoms with E-state index in [2.05, 4.69) is 120 Å². The molecule has 7 rings (SSSR count). The van der Waals surface area contributed by atoms with Crippen molar-refractivity contribution >= 4 is 28.4 Å². The summed E-state index contributed by atoms with van der Waals surface area (Å²) in [5, 5.41) is 1.33. The van der Waals surface area contributed by atoms with Crippen molar-refractivity contribution in [2.45, 2.75) is 13.0 Å². The van der Waals surface area contributed by atoms with E-state index < -0.39 is 0 Å². The molecule has 1 N–H and O–H groups in total. The van der Waals surface area contributed by atoms with Gasteiger partial charge in [0.05, 0.1) is 11.7 Å². The Morgan fingerprint density at radius 1 is 0.719 bits per heavy atom. The topological polar surface area (TPSA) is 19.0 Å². The number of aryl methyl sites for hydroxylation is 1. The lowest BCUT2D eigenvalue weighted by atomic mass is 9.94. The van der Waals surface area contributed by atoms with Crippen molar-refractivity contribution in [2.24, 2.45) is 0 Å². The molecular weight excluding hydrogens is 388 g/mol. The Hall–Kier alpha value is -4.04. The number of para-hydroxylation sites is 1. The van der Waals surface area contributed by atoms with E-state index in [4.69, 9.17) is 0 Å². The number of nitrogens with zero attached hydrogens (tertiary/aromatic N) is 1. The Morgan fingerprint density at radius 2 is 1.47 bits per heavy atom. The molecule has 2 aliphatic heterocycles. The monoisotopic (exact) mass is 410 g/mol. The van der Waals surface area contributed by atoms with Crippen molar-refractivity contribution in [3.63, 3.8) is 0 Å². The summed E-state index contributed by atoms with van der Waals surface area (Å²) in [5.74, 6) is 0. The lowest BCUT2D eigenvalue weighted by molar-refractivity contribution is 0.876. The zero-order valence-corrected chi connectivity index (χ0v) is 17.8. The van der Waals surface area contributed by atoms with E-state index in [1.807, 2.05) is 0 Å². The van der Waals surface area contributed by atoms with Crippen LogP contribution >= 0.6 is 0 Å². The number of aromatic nitrogens is 1. The van der Waals surface area contributed by atoms with Crippen LogP contribution in [0.3, 0.4) is 0 Å². The van der Waals surface area contributed by atoms with Gasteiger partial charge in [0, 0.05) is 39.5 Å². The minimum atomic E-state index is 0.140. The van der Waals surface area contributed by atoms with E-state index in [9.17, 15) is 0 Å². The van der Waals surface area contributed by atoms with Crippen LogP contribution in [0.4, 0.5) is 5.69 Å². The number of hydrogen-bond donors (Lipinski definition) is 1. The Bertz CT molecular complexity index is 1540. The van der Waals surface area contributed by atoms with E-state index in [0.717, 1.165) is 0 Å². The van der Waals surface area contributed by atoms with Gasteiger partial charge in [-0.3, -0.25) is 0 Å². The highest BCUT2D eigenvalue weighted by atomic mass is 15.2. The first-order valence-corrected chi connectivity index (χ1v) is 11.2. The van der Waals surface area contributed by atoms with Crippen LogP contribution in [0.15, 0.2) is 97.2 Å². The van der Waals surface area contributed by atoms with Crippen molar-refractivity contribution in [2.75, 3.05) is 4.90 Å². The summed E-state index contributed by atoms with van der Waals surface area (Å²) in [6, 6.07) is 33.3. The third-order valence-corrected chi connectivity index (χ3v) is 6.91. The molecular formula is C30H22N2. The van der Waals surface area contributed by atoms with Crippen molar-refractivity contribution in [3.8, 4) is 11.1 Å². The molecule has 0 saturated heterocycles. The minimum absolute atomic E-state index is 0.140. The Kier molecular flexibility index (Phi) is 3.57. The van der Waals surface area contributed by atoms with Crippen LogP contribution in [-0.4, -0.2) is 4.98 Å². The average Bonchev–Trinajstić information content (AvgIpc) is 3.36. The molecule has 152 valence electrons. The second-order valence-electron chi connectivity index (χ2n) is 8.79. The molecule has 0 spiro atoms. The number of rotatable bonds is 1. The summed E-state index contributed by atoms with van der Waals surface area (Å²) < 4.78 is 0. The number of hydrogen-bond acceptors (Lipinski definition) is 1. The SMILES string of the molecule is Cc1ccc(/C=C2/c3ccccc3C3c4c[nH]c5cccc(c45)-c4ccccc4N23)cc1. The lowest BCUT2D eigenvalue weighted by Gasteiger charge is -2.28. The summed E-state index contributed by atoms with van der Waals surface area (Å²) in [7, 11) is 0. The van der Waals surface area contributed by atoms with E-state index in [0.29, 0.717) is 0 Å². The highest BCUT2D eigenvalue weighted by molar-refractivity contribution is 6.08. The van der Waals surface area contributed by atoms with Crippen molar-refractivity contribution < 1.29 is 0 Å². The van der Waals surface area contributed by atoms with Crippen LogP contribution in [0.2, 0.25) is 0 Å². The Morgan fingerprint density at radius 3 is 2.34 bits per heavy atom. The largest absolute Gasteiger partial charge is 0.361 e. The summed E-state index contributed by atoms with van der Waals surface area (Å²) in [5.41, 5.74) is 12.8. The molecule has 4 aromatic carbocycles. The molecule has 1 unspecified atom stereocenters. The summed E-state index contributed by atoms with van der Waals surface area (Å²) in [6.45, 7) is 2.14. The maximum Gasteiger partial charge on any atom is 0.0872 e. The van der Waals surface area contributed by atoms with Gasteiger partial charge in [0.15, 0.2) is 0 Å². The van der Waals surface area contributed by atoms with Crippen LogP contribution in [-0.2, 0) is 0 Å². The maximum absolute atomic E-state index is 3.55. The second-order valence-corrected chi connectivity index (χ2v) is 8.79. The smallest absolute Gasteiger partial charge is 0.0872 e. The van der Waals surface area contributed by atoms with Gasteiger partial charge >= 0.3 is 0 Å². The number of anilines is 1. The first kappa shape index (κ1) is 17.6.